The highest BCUT2D eigenvalue weighted by Gasteiger charge is 2.20. The Morgan fingerprint density at radius 3 is 1.55 bits per heavy atom. The van der Waals surface area contributed by atoms with Crippen molar-refractivity contribution in [2.75, 3.05) is 26.9 Å². The Morgan fingerprint density at radius 1 is 0.800 bits per heavy atom. The summed E-state index contributed by atoms with van der Waals surface area (Å²) < 4.78 is 24.7. The van der Waals surface area contributed by atoms with Gasteiger partial charge in [-0.2, -0.15) is 0 Å². The third-order valence-corrected chi connectivity index (χ3v) is 1.97. The van der Waals surface area contributed by atoms with Crippen LogP contribution in [0.3, 0.4) is 0 Å². The first-order valence-corrected chi connectivity index (χ1v) is 5.93. The first-order chi connectivity index (χ1) is 9.35. The summed E-state index contributed by atoms with van der Waals surface area (Å²) >= 11 is 0. The Morgan fingerprint density at radius 2 is 1.20 bits per heavy atom. The minimum absolute atomic E-state index is 0.109. The van der Waals surface area contributed by atoms with E-state index in [1.807, 2.05) is 0 Å². The van der Waals surface area contributed by atoms with Crippen LogP contribution < -0.4 is 0 Å². The quantitative estimate of drug-likeness (QED) is 0.333. The summed E-state index contributed by atoms with van der Waals surface area (Å²) in [6.45, 7) is 3.40. The Hall–Kier alpha value is -1.67. The highest BCUT2D eigenvalue weighted by Crippen LogP contribution is 2.04. The fourth-order valence-corrected chi connectivity index (χ4v) is 1.11. The van der Waals surface area contributed by atoms with Gasteiger partial charge >= 0.3 is 17.9 Å². The van der Waals surface area contributed by atoms with E-state index in [9.17, 15) is 14.4 Å². The standard InChI is InChI=1S/C12H20O8/c1-8(13)17-5-11(6-18-9(2)14)20-12(16-4)7-19-10(3)15/h11-12H,5-7H2,1-4H3/t12-/m0/s1. The predicted molar refractivity (Wildman–Crippen MR) is 65.6 cm³/mol. The first-order valence-electron chi connectivity index (χ1n) is 5.93. The van der Waals surface area contributed by atoms with E-state index in [-0.39, 0.29) is 19.8 Å². The van der Waals surface area contributed by atoms with E-state index in [0.29, 0.717) is 0 Å². The Bertz CT molecular complexity index is 309. The molecule has 1 atom stereocenters. The minimum Gasteiger partial charge on any atom is -0.463 e. The lowest BCUT2D eigenvalue weighted by molar-refractivity contribution is -0.205. The van der Waals surface area contributed by atoms with Gasteiger partial charge in [-0.05, 0) is 0 Å². The summed E-state index contributed by atoms with van der Waals surface area (Å²) in [4.78, 5) is 32.2. The van der Waals surface area contributed by atoms with Crippen LogP contribution in [0.5, 0.6) is 0 Å². The van der Waals surface area contributed by atoms with Crippen LogP contribution in [-0.2, 0) is 38.1 Å². The monoisotopic (exact) mass is 292 g/mol. The molecule has 0 rings (SSSR count). The average molecular weight is 292 g/mol. The molecule has 0 saturated carbocycles. The maximum absolute atomic E-state index is 10.8. The maximum atomic E-state index is 10.8. The molecule has 0 aromatic carbocycles. The molecule has 116 valence electrons. The molecular weight excluding hydrogens is 272 g/mol. The molecular formula is C12H20O8. The van der Waals surface area contributed by atoms with Crippen molar-refractivity contribution >= 4 is 17.9 Å². The van der Waals surface area contributed by atoms with Crippen molar-refractivity contribution in [2.45, 2.75) is 33.2 Å². The molecule has 0 aliphatic rings. The summed E-state index contributed by atoms with van der Waals surface area (Å²) in [7, 11) is 1.36. The fraction of sp³-hybridized carbons (Fsp3) is 0.750. The largest absolute Gasteiger partial charge is 0.463 e. The first kappa shape index (κ1) is 18.3. The van der Waals surface area contributed by atoms with E-state index in [1.54, 1.807) is 0 Å². The Balaban J connectivity index is 4.36. The van der Waals surface area contributed by atoms with Crippen molar-refractivity contribution in [2.24, 2.45) is 0 Å². The van der Waals surface area contributed by atoms with Crippen LogP contribution in [0.25, 0.3) is 0 Å². The number of methoxy groups -OCH3 is 1. The SMILES string of the molecule is CO[C@H](COC(C)=O)OC(COC(C)=O)COC(C)=O. The molecule has 0 spiro atoms. The van der Waals surface area contributed by atoms with Gasteiger partial charge < -0.3 is 23.7 Å². The zero-order valence-corrected chi connectivity index (χ0v) is 12.0. The third-order valence-electron chi connectivity index (χ3n) is 1.97. The van der Waals surface area contributed by atoms with Gasteiger partial charge in [-0.25, -0.2) is 0 Å². The van der Waals surface area contributed by atoms with Crippen LogP contribution in [0, 0.1) is 0 Å². The molecule has 0 saturated heterocycles. The topological polar surface area (TPSA) is 97.4 Å². The minimum atomic E-state index is -0.852. The Labute approximate surface area is 117 Å². The van der Waals surface area contributed by atoms with Crippen molar-refractivity contribution in [3.05, 3.63) is 0 Å². The molecule has 8 heteroatoms. The molecule has 0 amide bonds. The molecule has 0 radical (unpaired) electrons. The van der Waals surface area contributed by atoms with Crippen LogP contribution in [0.2, 0.25) is 0 Å². The van der Waals surface area contributed by atoms with Crippen molar-refractivity contribution in [3.63, 3.8) is 0 Å². The maximum Gasteiger partial charge on any atom is 0.302 e. The lowest BCUT2D eigenvalue weighted by atomic mass is 10.4. The van der Waals surface area contributed by atoms with Gasteiger partial charge in [0.15, 0.2) is 6.29 Å². The molecule has 0 fully saturated rings. The normalized spacial score (nSPS) is 11.8. The molecule has 0 aromatic rings. The average Bonchev–Trinajstić information content (AvgIpc) is 2.36. The number of carbonyl (C=O) groups is 3. The molecule has 0 heterocycles. The summed E-state index contributed by atoms with van der Waals surface area (Å²) in [6, 6.07) is 0. The molecule has 0 unspecified atom stereocenters. The number of esters is 3. The van der Waals surface area contributed by atoms with Gasteiger partial charge in [-0.1, -0.05) is 0 Å². The summed E-state index contributed by atoms with van der Waals surface area (Å²) in [6.07, 6.45) is -1.57. The van der Waals surface area contributed by atoms with Crippen LogP contribution in [0.4, 0.5) is 0 Å². The predicted octanol–water partition coefficient (Wildman–Crippen LogP) is 0.0334. The van der Waals surface area contributed by atoms with Crippen molar-refractivity contribution < 1.29 is 38.1 Å². The summed E-state index contributed by atoms with van der Waals surface area (Å²) in [5.41, 5.74) is 0. The van der Waals surface area contributed by atoms with Crippen LogP contribution in [0.1, 0.15) is 20.8 Å². The van der Waals surface area contributed by atoms with E-state index < -0.39 is 30.3 Å². The molecule has 0 aliphatic carbocycles. The molecule has 8 nitrogen and oxygen atoms in total. The van der Waals surface area contributed by atoms with Gasteiger partial charge in [0.1, 0.15) is 25.9 Å². The lowest BCUT2D eigenvalue weighted by Gasteiger charge is -2.23. The second kappa shape index (κ2) is 10.2. The van der Waals surface area contributed by atoms with Crippen LogP contribution in [0.15, 0.2) is 0 Å². The third kappa shape index (κ3) is 10.3. The van der Waals surface area contributed by atoms with E-state index in [1.165, 1.54) is 27.9 Å². The van der Waals surface area contributed by atoms with Crippen molar-refractivity contribution in [1.82, 2.24) is 0 Å². The van der Waals surface area contributed by atoms with E-state index in [0.717, 1.165) is 0 Å². The van der Waals surface area contributed by atoms with Crippen LogP contribution in [-0.4, -0.2) is 57.2 Å². The van der Waals surface area contributed by atoms with Gasteiger partial charge in [0.2, 0.25) is 0 Å². The molecule has 0 bridgehead atoms. The smallest absolute Gasteiger partial charge is 0.302 e. The van der Waals surface area contributed by atoms with Crippen LogP contribution >= 0.6 is 0 Å². The highest BCUT2D eigenvalue weighted by atomic mass is 16.7. The zero-order chi connectivity index (χ0) is 15.5. The summed E-state index contributed by atoms with van der Waals surface area (Å²) in [5.74, 6) is -1.46. The zero-order valence-electron chi connectivity index (χ0n) is 12.0. The number of hydrogen-bond donors (Lipinski definition) is 0. The van der Waals surface area contributed by atoms with E-state index in [2.05, 4.69) is 0 Å². The fourth-order valence-electron chi connectivity index (χ4n) is 1.11. The Kier molecular flexibility index (Phi) is 9.31. The molecule has 0 aromatic heterocycles. The van der Waals surface area contributed by atoms with Gasteiger partial charge in [-0.15, -0.1) is 0 Å². The van der Waals surface area contributed by atoms with Gasteiger partial charge in [0.25, 0.3) is 0 Å². The van der Waals surface area contributed by atoms with Gasteiger partial charge in [0.05, 0.1) is 0 Å². The number of carbonyl (C=O) groups excluding carboxylic acids is 3. The second-order valence-electron chi connectivity index (χ2n) is 3.83. The van der Waals surface area contributed by atoms with Crippen molar-refractivity contribution in [3.8, 4) is 0 Å². The highest BCUT2D eigenvalue weighted by molar-refractivity contribution is 5.66. The number of hydrogen-bond acceptors (Lipinski definition) is 8. The molecule has 0 aliphatic heterocycles. The van der Waals surface area contributed by atoms with E-state index >= 15 is 0 Å². The number of ether oxygens (including phenoxy) is 5. The lowest BCUT2D eigenvalue weighted by Crippen LogP contribution is -2.35. The molecule has 20 heavy (non-hydrogen) atoms. The number of rotatable bonds is 9. The second-order valence-corrected chi connectivity index (χ2v) is 3.83. The summed E-state index contributed by atoms with van der Waals surface area (Å²) in [5, 5.41) is 0. The van der Waals surface area contributed by atoms with Crippen molar-refractivity contribution in [1.29, 1.82) is 0 Å². The van der Waals surface area contributed by atoms with E-state index in [4.69, 9.17) is 23.7 Å². The van der Waals surface area contributed by atoms with Gasteiger partial charge in [0, 0.05) is 27.9 Å². The van der Waals surface area contributed by atoms with Gasteiger partial charge in [-0.3, -0.25) is 14.4 Å². The molecule has 0 N–H and O–H groups in total.